The molecular weight excluding hydrogens is 328 g/mol. The first-order valence-electron chi connectivity index (χ1n) is 5.91. The first-order valence-corrected chi connectivity index (χ1v) is 8.27. The minimum Gasteiger partial charge on any atom is -0.378 e. The van der Waals surface area contributed by atoms with Gasteiger partial charge >= 0.3 is 0 Å². The summed E-state index contributed by atoms with van der Waals surface area (Å²) in [5, 5.41) is 13.8. The highest BCUT2D eigenvalue weighted by atomic mass is 32.2. The second-order valence-electron chi connectivity index (χ2n) is 4.20. The summed E-state index contributed by atoms with van der Waals surface area (Å²) in [5.41, 5.74) is 1.19. The third kappa shape index (κ3) is 6.11. The van der Waals surface area contributed by atoms with E-state index in [9.17, 15) is 13.2 Å². The molecule has 3 N–H and O–H groups in total. The number of carbonyl (C=O) groups is 1. The molecule has 0 aliphatic rings. The van der Waals surface area contributed by atoms with Gasteiger partial charge in [0.2, 0.25) is 15.4 Å². The van der Waals surface area contributed by atoms with Crippen molar-refractivity contribution >= 4 is 38.1 Å². The number of hydrogen-bond donors (Lipinski definition) is 2. The Hall–Kier alpha value is -2.11. The first kappa shape index (κ1) is 17.9. The van der Waals surface area contributed by atoms with Crippen LogP contribution in [0.25, 0.3) is 0 Å². The number of nitrogens with one attached hydrogen (secondary N) is 1. The van der Waals surface area contributed by atoms with E-state index in [4.69, 9.17) is 5.14 Å². The van der Waals surface area contributed by atoms with E-state index in [0.717, 1.165) is 0 Å². The second kappa shape index (κ2) is 7.77. The van der Waals surface area contributed by atoms with Gasteiger partial charge in [0.1, 0.15) is 0 Å². The van der Waals surface area contributed by atoms with Gasteiger partial charge in [-0.05, 0) is 12.1 Å². The SMILES string of the molecule is CC(=O)Nc1nnc(S(N)(=O)=O)s1.CN(C)c1ccncc1. The summed E-state index contributed by atoms with van der Waals surface area (Å²) in [6.45, 7) is 1.28. The third-order valence-corrected chi connectivity index (χ3v) is 4.26. The number of carbonyl (C=O) groups excluding carboxylic acids is 1. The van der Waals surface area contributed by atoms with Crippen molar-refractivity contribution in [2.24, 2.45) is 5.14 Å². The molecule has 0 aliphatic carbocycles. The predicted molar refractivity (Wildman–Crippen MR) is 84.1 cm³/mol. The Bertz CT molecular complexity index is 714. The van der Waals surface area contributed by atoms with E-state index in [0.29, 0.717) is 11.3 Å². The van der Waals surface area contributed by atoms with Crippen LogP contribution in [0.3, 0.4) is 0 Å². The molecular formula is C11H16N6O3S2. The standard InChI is InChI=1S/C7H10N2.C4H6N4O3S2/c1-9(2)7-3-5-8-6-4-7;1-2(9)6-3-7-8-4(12-3)13(5,10)11/h3-6H,1-2H3;1H3,(H2,5,10,11)(H,6,7,9). The zero-order chi connectivity index (χ0) is 16.8. The number of nitrogens with two attached hydrogens (primary N) is 1. The van der Waals surface area contributed by atoms with Crippen LogP contribution >= 0.6 is 11.3 Å². The highest BCUT2D eigenvalue weighted by Gasteiger charge is 2.15. The van der Waals surface area contributed by atoms with Crippen LogP contribution in [0.5, 0.6) is 0 Å². The van der Waals surface area contributed by atoms with Gasteiger partial charge in [-0.3, -0.25) is 9.78 Å². The molecule has 2 aromatic rings. The van der Waals surface area contributed by atoms with E-state index in [1.54, 1.807) is 12.4 Å². The number of amides is 1. The molecule has 0 spiro atoms. The lowest BCUT2D eigenvalue weighted by atomic mass is 10.4. The number of rotatable bonds is 3. The van der Waals surface area contributed by atoms with E-state index in [2.05, 4.69) is 20.5 Å². The molecule has 0 atom stereocenters. The van der Waals surface area contributed by atoms with Gasteiger partial charge in [0, 0.05) is 39.1 Å². The van der Waals surface area contributed by atoms with Crippen LogP contribution in [0.15, 0.2) is 28.9 Å². The summed E-state index contributed by atoms with van der Waals surface area (Å²) in [6.07, 6.45) is 3.57. The van der Waals surface area contributed by atoms with Crippen molar-refractivity contribution in [1.29, 1.82) is 0 Å². The lowest BCUT2D eigenvalue weighted by Crippen LogP contribution is -2.11. The minimum absolute atomic E-state index is 0.108. The maximum Gasteiger partial charge on any atom is 0.267 e. The van der Waals surface area contributed by atoms with Gasteiger partial charge in [-0.1, -0.05) is 11.3 Å². The van der Waals surface area contributed by atoms with Gasteiger partial charge in [0.15, 0.2) is 0 Å². The smallest absolute Gasteiger partial charge is 0.267 e. The van der Waals surface area contributed by atoms with Crippen molar-refractivity contribution in [3.05, 3.63) is 24.5 Å². The van der Waals surface area contributed by atoms with Crippen molar-refractivity contribution in [2.75, 3.05) is 24.3 Å². The summed E-state index contributed by atoms with van der Waals surface area (Å²) in [4.78, 5) is 16.5. The number of anilines is 2. The average molecular weight is 344 g/mol. The van der Waals surface area contributed by atoms with Gasteiger partial charge in [0.25, 0.3) is 10.0 Å². The number of nitrogens with zero attached hydrogens (tertiary/aromatic N) is 4. The van der Waals surface area contributed by atoms with Crippen LogP contribution in [0.4, 0.5) is 10.8 Å². The average Bonchev–Trinajstić information content (AvgIpc) is 2.88. The molecule has 0 unspecified atom stereocenters. The molecule has 11 heteroatoms. The Labute approximate surface area is 132 Å². The quantitative estimate of drug-likeness (QED) is 0.765. The Morgan fingerprint density at radius 3 is 2.23 bits per heavy atom. The monoisotopic (exact) mass is 344 g/mol. The fraction of sp³-hybridized carbons (Fsp3) is 0.273. The Morgan fingerprint density at radius 1 is 1.27 bits per heavy atom. The first-order chi connectivity index (χ1) is 10.2. The predicted octanol–water partition coefficient (Wildman–Crippen LogP) is 0.291. The second-order valence-corrected chi connectivity index (χ2v) is 6.91. The van der Waals surface area contributed by atoms with Crippen molar-refractivity contribution in [3.63, 3.8) is 0 Å². The molecule has 0 bridgehead atoms. The summed E-state index contributed by atoms with van der Waals surface area (Å²) in [7, 11) is 0.194. The zero-order valence-electron chi connectivity index (χ0n) is 12.2. The van der Waals surface area contributed by atoms with Crippen LogP contribution in [-0.4, -0.2) is 43.6 Å². The van der Waals surface area contributed by atoms with E-state index in [-0.39, 0.29) is 15.4 Å². The third-order valence-electron chi connectivity index (χ3n) is 2.11. The Morgan fingerprint density at radius 2 is 1.86 bits per heavy atom. The number of aromatic nitrogens is 3. The zero-order valence-corrected chi connectivity index (χ0v) is 13.8. The Balaban J connectivity index is 0.000000235. The summed E-state index contributed by atoms with van der Waals surface area (Å²) in [6, 6.07) is 3.94. The molecule has 0 aliphatic heterocycles. The molecule has 2 aromatic heterocycles. The minimum atomic E-state index is -3.82. The van der Waals surface area contributed by atoms with E-state index < -0.39 is 10.0 Å². The van der Waals surface area contributed by atoms with Crippen molar-refractivity contribution < 1.29 is 13.2 Å². The van der Waals surface area contributed by atoms with Crippen LogP contribution in [-0.2, 0) is 14.8 Å². The van der Waals surface area contributed by atoms with Crippen LogP contribution in [0, 0.1) is 0 Å². The van der Waals surface area contributed by atoms with Crippen LogP contribution < -0.4 is 15.4 Å². The number of primary sulfonamides is 1. The number of pyridine rings is 1. The molecule has 1 amide bonds. The maximum atomic E-state index is 10.7. The van der Waals surface area contributed by atoms with Gasteiger partial charge < -0.3 is 10.2 Å². The van der Waals surface area contributed by atoms with E-state index in [1.807, 2.05) is 31.1 Å². The normalized spacial score (nSPS) is 10.4. The highest BCUT2D eigenvalue weighted by Crippen LogP contribution is 2.17. The number of sulfonamides is 1. The largest absolute Gasteiger partial charge is 0.378 e. The fourth-order valence-electron chi connectivity index (χ4n) is 1.17. The maximum absolute atomic E-state index is 10.7. The molecule has 120 valence electrons. The van der Waals surface area contributed by atoms with Crippen molar-refractivity contribution in [1.82, 2.24) is 15.2 Å². The molecule has 0 fully saturated rings. The van der Waals surface area contributed by atoms with Crippen molar-refractivity contribution in [2.45, 2.75) is 11.3 Å². The molecule has 2 rings (SSSR count). The van der Waals surface area contributed by atoms with Crippen molar-refractivity contribution in [3.8, 4) is 0 Å². The lowest BCUT2D eigenvalue weighted by Gasteiger charge is -2.10. The lowest BCUT2D eigenvalue weighted by molar-refractivity contribution is -0.114. The number of hydrogen-bond acceptors (Lipinski definition) is 8. The highest BCUT2D eigenvalue weighted by molar-refractivity contribution is 7.91. The molecule has 2 heterocycles. The summed E-state index contributed by atoms with van der Waals surface area (Å²) < 4.78 is 21.1. The molecule has 22 heavy (non-hydrogen) atoms. The van der Waals surface area contributed by atoms with E-state index >= 15 is 0 Å². The van der Waals surface area contributed by atoms with Crippen LogP contribution in [0.2, 0.25) is 0 Å². The van der Waals surface area contributed by atoms with E-state index in [1.165, 1.54) is 12.6 Å². The van der Waals surface area contributed by atoms with Crippen LogP contribution in [0.1, 0.15) is 6.92 Å². The molecule has 0 aromatic carbocycles. The molecule has 0 saturated heterocycles. The summed E-state index contributed by atoms with van der Waals surface area (Å²) in [5.74, 6) is -0.350. The van der Waals surface area contributed by atoms with Gasteiger partial charge in [-0.2, -0.15) is 0 Å². The molecule has 9 nitrogen and oxygen atoms in total. The Kier molecular flexibility index (Phi) is 6.34. The van der Waals surface area contributed by atoms with Gasteiger partial charge in [-0.25, -0.2) is 13.6 Å². The van der Waals surface area contributed by atoms with Gasteiger partial charge in [0.05, 0.1) is 0 Å². The fourth-order valence-corrected chi connectivity index (χ4v) is 2.55. The topological polar surface area (TPSA) is 131 Å². The summed E-state index contributed by atoms with van der Waals surface area (Å²) >= 11 is 0.701. The molecule has 0 radical (unpaired) electrons. The molecule has 0 saturated carbocycles. The van der Waals surface area contributed by atoms with Gasteiger partial charge in [-0.15, -0.1) is 10.2 Å².